The van der Waals surface area contributed by atoms with Gasteiger partial charge in [-0.05, 0) is 50.4 Å². The second-order valence-electron chi connectivity index (χ2n) is 8.11. The van der Waals surface area contributed by atoms with Crippen molar-refractivity contribution in [2.24, 2.45) is 5.92 Å². The summed E-state index contributed by atoms with van der Waals surface area (Å²) < 4.78 is 16.0. The molecule has 0 atom stereocenters. The van der Waals surface area contributed by atoms with Gasteiger partial charge in [-0.3, -0.25) is 9.59 Å². The molecule has 0 heterocycles. The van der Waals surface area contributed by atoms with E-state index in [-0.39, 0.29) is 13.2 Å². The first-order valence-corrected chi connectivity index (χ1v) is 14.3. The van der Waals surface area contributed by atoms with E-state index in [2.05, 4.69) is 20.0 Å². The van der Waals surface area contributed by atoms with Gasteiger partial charge in [-0.15, -0.1) is 0 Å². The molecule has 29 heavy (non-hydrogen) atoms. The predicted molar refractivity (Wildman–Crippen MR) is 119 cm³/mol. The molecule has 0 aromatic heterocycles. The van der Waals surface area contributed by atoms with Gasteiger partial charge in [0, 0.05) is 0 Å². The van der Waals surface area contributed by atoms with Crippen LogP contribution in [0.4, 0.5) is 0 Å². The molecule has 5 nitrogen and oxygen atoms in total. The SMILES string of the molecule is CCCC[Si](C)(C)CCOc1ccc(CCC(C(=O)OCC)C(=O)OCC)cc1. The minimum absolute atomic E-state index is 0.249. The van der Waals surface area contributed by atoms with Gasteiger partial charge in [-0.2, -0.15) is 0 Å². The lowest BCUT2D eigenvalue weighted by atomic mass is 9.99. The lowest BCUT2D eigenvalue weighted by molar-refractivity contribution is -0.161. The van der Waals surface area contributed by atoms with Crippen LogP contribution in [-0.2, 0) is 25.5 Å². The molecule has 0 aliphatic rings. The van der Waals surface area contributed by atoms with Crippen molar-refractivity contribution in [1.29, 1.82) is 0 Å². The highest BCUT2D eigenvalue weighted by Crippen LogP contribution is 2.21. The molecule has 164 valence electrons. The molecule has 6 heteroatoms. The van der Waals surface area contributed by atoms with Gasteiger partial charge in [-0.1, -0.05) is 51.0 Å². The van der Waals surface area contributed by atoms with Crippen LogP contribution in [0, 0.1) is 5.92 Å². The molecular weight excluding hydrogens is 384 g/mol. The lowest BCUT2D eigenvalue weighted by Crippen LogP contribution is -2.28. The quantitative estimate of drug-likeness (QED) is 0.233. The van der Waals surface area contributed by atoms with E-state index in [9.17, 15) is 9.59 Å². The molecule has 0 fully saturated rings. The molecule has 0 amide bonds. The smallest absolute Gasteiger partial charge is 0.320 e. The van der Waals surface area contributed by atoms with E-state index in [0.29, 0.717) is 12.8 Å². The lowest BCUT2D eigenvalue weighted by Gasteiger charge is -2.22. The van der Waals surface area contributed by atoms with Gasteiger partial charge in [-0.25, -0.2) is 0 Å². The van der Waals surface area contributed by atoms with Crippen molar-refractivity contribution in [3.05, 3.63) is 29.8 Å². The Morgan fingerprint density at radius 1 is 0.931 bits per heavy atom. The average Bonchev–Trinajstić information content (AvgIpc) is 2.68. The van der Waals surface area contributed by atoms with Crippen LogP contribution < -0.4 is 4.74 Å². The van der Waals surface area contributed by atoms with Gasteiger partial charge in [0.2, 0.25) is 0 Å². The first kappa shape index (κ1) is 25.2. The van der Waals surface area contributed by atoms with Gasteiger partial charge < -0.3 is 14.2 Å². The highest BCUT2D eigenvalue weighted by molar-refractivity contribution is 6.77. The topological polar surface area (TPSA) is 61.8 Å². The summed E-state index contributed by atoms with van der Waals surface area (Å²) in [6, 6.07) is 10.4. The van der Waals surface area contributed by atoms with Crippen LogP contribution in [0.3, 0.4) is 0 Å². The third kappa shape index (κ3) is 9.97. The van der Waals surface area contributed by atoms with E-state index < -0.39 is 25.9 Å². The van der Waals surface area contributed by atoms with Crippen LogP contribution in [-0.4, -0.2) is 39.8 Å². The summed E-state index contributed by atoms with van der Waals surface area (Å²) in [4.78, 5) is 24.1. The molecule has 0 aliphatic carbocycles. The number of aryl methyl sites for hydroxylation is 1. The highest BCUT2D eigenvalue weighted by Gasteiger charge is 2.29. The number of carbonyl (C=O) groups excluding carboxylic acids is 2. The first-order chi connectivity index (χ1) is 13.8. The molecule has 0 N–H and O–H groups in total. The second kappa shape index (κ2) is 13.4. The van der Waals surface area contributed by atoms with E-state index >= 15 is 0 Å². The molecule has 0 saturated carbocycles. The van der Waals surface area contributed by atoms with E-state index in [1.54, 1.807) is 13.8 Å². The van der Waals surface area contributed by atoms with Crippen LogP contribution in [0.15, 0.2) is 24.3 Å². The van der Waals surface area contributed by atoms with Crippen molar-refractivity contribution >= 4 is 20.0 Å². The molecule has 1 aromatic carbocycles. The Balaban J connectivity index is 2.53. The largest absolute Gasteiger partial charge is 0.494 e. The zero-order chi connectivity index (χ0) is 21.7. The monoisotopic (exact) mass is 422 g/mol. The summed E-state index contributed by atoms with van der Waals surface area (Å²) in [7, 11) is -1.16. The fraction of sp³-hybridized carbons (Fsp3) is 0.652. The Labute approximate surface area is 177 Å². The van der Waals surface area contributed by atoms with Crippen molar-refractivity contribution in [3.63, 3.8) is 0 Å². The Kier molecular flexibility index (Phi) is 11.7. The summed E-state index contributed by atoms with van der Waals surface area (Å²) in [6.45, 7) is 11.8. The van der Waals surface area contributed by atoms with Crippen molar-refractivity contribution < 1.29 is 23.8 Å². The summed E-state index contributed by atoms with van der Waals surface area (Å²) >= 11 is 0. The maximum atomic E-state index is 12.1. The number of unbranched alkanes of at least 4 members (excludes halogenated alkanes) is 1. The van der Waals surface area contributed by atoms with E-state index in [0.717, 1.165) is 24.0 Å². The Morgan fingerprint density at radius 2 is 1.52 bits per heavy atom. The van der Waals surface area contributed by atoms with Gasteiger partial charge in [0.25, 0.3) is 0 Å². The van der Waals surface area contributed by atoms with Crippen molar-refractivity contribution in [3.8, 4) is 5.75 Å². The summed E-state index contributed by atoms with van der Waals surface area (Å²) in [5.41, 5.74) is 1.05. The maximum absolute atomic E-state index is 12.1. The minimum atomic E-state index is -1.16. The normalized spacial score (nSPS) is 11.4. The zero-order valence-electron chi connectivity index (χ0n) is 18.8. The molecule has 0 radical (unpaired) electrons. The number of hydrogen-bond donors (Lipinski definition) is 0. The Bertz CT molecular complexity index is 594. The van der Waals surface area contributed by atoms with Crippen LogP contribution in [0.25, 0.3) is 0 Å². The van der Waals surface area contributed by atoms with E-state index in [1.165, 1.54) is 18.9 Å². The Hall–Kier alpha value is -1.82. The van der Waals surface area contributed by atoms with Gasteiger partial charge in [0.15, 0.2) is 5.92 Å². The number of benzene rings is 1. The molecule has 0 spiro atoms. The van der Waals surface area contributed by atoms with Gasteiger partial charge in [0.1, 0.15) is 5.75 Å². The van der Waals surface area contributed by atoms with Gasteiger partial charge >= 0.3 is 11.9 Å². The first-order valence-electron chi connectivity index (χ1n) is 10.9. The standard InChI is InChI=1S/C23H38O5Si/c1-6-9-17-29(4,5)18-16-28-20-13-10-19(11-14-20)12-15-21(22(24)26-7-2)23(25)27-8-3/h10-11,13-14,21H,6-9,12,15-18H2,1-5H3. The van der Waals surface area contributed by atoms with Crippen LogP contribution >= 0.6 is 0 Å². The minimum Gasteiger partial charge on any atom is -0.494 e. The summed E-state index contributed by atoms with van der Waals surface area (Å²) in [5, 5.41) is 0. The van der Waals surface area contributed by atoms with E-state index in [1.807, 2.05) is 24.3 Å². The van der Waals surface area contributed by atoms with Crippen molar-refractivity contribution in [2.45, 2.75) is 71.6 Å². The van der Waals surface area contributed by atoms with Crippen molar-refractivity contribution in [2.75, 3.05) is 19.8 Å². The molecule has 0 saturated heterocycles. The summed E-state index contributed by atoms with van der Waals surface area (Å²) in [5.74, 6) is -1.04. The third-order valence-electron chi connectivity index (χ3n) is 5.04. The zero-order valence-corrected chi connectivity index (χ0v) is 19.8. The molecule has 1 rings (SSSR count). The summed E-state index contributed by atoms with van der Waals surface area (Å²) in [6.07, 6.45) is 3.53. The fourth-order valence-corrected chi connectivity index (χ4v) is 5.32. The van der Waals surface area contributed by atoms with Gasteiger partial charge in [0.05, 0.1) is 27.9 Å². The third-order valence-corrected chi connectivity index (χ3v) is 8.31. The second-order valence-corrected chi connectivity index (χ2v) is 13.4. The maximum Gasteiger partial charge on any atom is 0.320 e. The highest BCUT2D eigenvalue weighted by atomic mass is 28.3. The number of ether oxygens (including phenoxy) is 3. The molecule has 0 bridgehead atoms. The van der Waals surface area contributed by atoms with Crippen LogP contribution in [0.1, 0.15) is 45.6 Å². The molecular formula is C23H38O5Si. The van der Waals surface area contributed by atoms with Crippen LogP contribution in [0.2, 0.25) is 25.2 Å². The molecule has 0 aliphatic heterocycles. The van der Waals surface area contributed by atoms with Crippen LogP contribution in [0.5, 0.6) is 5.75 Å². The number of esters is 2. The number of hydrogen-bond acceptors (Lipinski definition) is 5. The number of carbonyl (C=O) groups is 2. The average molecular weight is 423 g/mol. The Morgan fingerprint density at radius 3 is 2.03 bits per heavy atom. The fourth-order valence-electron chi connectivity index (χ4n) is 3.11. The van der Waals surface area contributed by atoms with E-state index in [4.69, 9.17) is 14.2 Å². The van der Waals surface area contributed by atoms with Crippen molar-refractivity contribution in [1.82, 2.24) is 0 Å². The predicted octanol–water partition coefficient (Wildman–Crippen LogP) is 5.25. The molecule has 1 aromatic rings. The number of rotatable bonds is 14. The molecule has 0 unspecified atom stereocenters.